The number of carbonyl (C=O) groups excluding carboxylic acids is 3. The van der Waals surface area contributed by atoms with E-state index in [1.165, 1.54) is 7.11 Å². The fraction of sp³-hybridized carbons (Fsp3) is 0.591. The van der Waals surface area contributed by atoms with E-state index in [9.17, 15) is 14.4 Å². The number of fused-ring (bicyclic) bond motifs is 2. The molecule has 0 spiro atoms. The molecule has 1 aliphatic heterocycles. The van der Waals surface area contributed by atoms with Crippen LogP contribution in [0.3, 0.4) is 0 Å². The standard InChI is InChI=1S/C22H30N2O4/c1-21(2)11-17-12-22(3,13-21)14-24(17)20(27)16-7-5-15(6-8-16)19(26)23-10-9-18(25)28-4/h5-8,17H,9-14H2,1-4H3,(H,23,26). The summed E-state index contributed by atoms with van der Waals surface area (Å²) in [6.07, 6.45) is 3.38. The predicted molar refractivity (Wildman–Crippen MR) is 106 cm³/mol. The third kappa shape index (κ3) is 4.37. The topological polar surface area (TPSA) is 75.7 Å². The molecule has 28 heavy (non-hydrogen) atoms. The Morgan fingerprint density at radius 3 is 2.39 bits per heavy atom. The smallest absolute Gasteiger partial charge is 0.307 e. The van der Waals surface area contributed by atoms with Gasteiger partial charge in [0, 0.05) is 30.3 Å². The van der Waals surface area contributed by atoms with E-state index in [4.69, 9.17) is 0 Å². The molecule has 2 aliphatic rings. The van der Waals surface area contributed by atoms with Crippen LogP contribution in [0.5, 0.6) is 0 Å². The van der Waals surface area contributed by atoms with E-state index in [0.29, 0.717) is 17.2 Å². The summed E-state index contributed by atoms with van der Waals surface area (Å²) < 4.78 is 4.55. The lowest BCUT2D eigenvalue weighted by molar-refractivity contribution is -0.140. The molecule has 0 aromatic heterocycles. The van der Waals surface area contributed by atoms with Crippen molar-refractivity contribution in [3.8, 4) is 0 Å². The molecule has 0 radical (unpaired) electrons. The highest BCUT2D eigenvalue weighted by molar-refractivity contribution is 5.98. The van der Waals surface area contributed by atoms with Gasteiger partial charge in [0.1, 0.15) is 0 Å². The first-order valence-corrected chi connectivity index (χ1v) is 9.89. The lowest BCUT2D eigenvalue weighted by Crippen LogP contribution is -2.37. The van der Waals surface area contributed by atoms with E-state index in [1.807, 2.05) is 4.90 Å². The van der Waals surface area contributed by atoms with Gasteiger partial charge in [0.2, 0.25) is 0 Å². The number of amides is 2. The molecule has 3 rings (SSSR count). The van der Waals surface area contributed by atoms with Crippen LogP contribution in [-0.4, -0.2) is 48.9 Å². The van der Waals surface area contributed by atoms with Crippen LogP contribution in [0.4, 0.5) is 0 Å². The van der Waals surface area contributed by atoms with Gasteiger partial charge in [0.25, 0.3) is 11.8 Å². The van der Waals surface area contributed by atoms with Crippen molar-refractivity contribution >= 4 is 17.8 Å². The third-order valence-electron chi connectivity index (χ3n) is 5.91. The van der Waals surface area contributed by atoms with Crippen molar-refractivity contribution in [2.45, 2.75) is 52.5 Å². The molecule has 2 atom stereocenters. The van der Waals surface area contributed by atoms with Gasteiger partial charge in [-0.1, -0.05) is 20.8 Å². The van der Waals surface area contributed by atoms with Gasteiger partial charge in [-0.15, -0.1) is 0 Å². The summed E-state index contributed by atoms with van der Waals surface area (Å²) in [5.41, 5.74) is 1.54. The average molecular weight is 386 g/mol. The molecule has 2 fully saturated rings. The van der Waals surface area contributed by atoms with Gasteiger partial charge < -0.3 is 15.0 Å². The zero-order valence-corrected chi connectivity index (χ0v) is 17.2. The van der Waals surface area contributed by atoms with Crippen molar-refractivity contribution in [2.75, 3.05) is 20.2 Å². The molecule has 1 aliphatic carbocycles. The Bertz CT molecular complexity index is 771. The Morgan fingerprint density at radius 1 is 1.11 bits per heavy atom. The normalized spacial score (nSPS) is 25.3. The summed E-state index contributed by atoms with van der Waals surface area (Å²) in [5, 5.41) is 2.68. The van der Waals surface area contributed by atoms with E-state index >= 15 is 0 Å². The maximum Gasteiger partial charge on any atom is 0.307 e. The SMILES string of the molecule is COC(=O)CCNC(=O)c1ccc(C(=O)N2CC3(C)CC2CC(C)(C)C3)cc1. The van der Waals surface area contributed by atoms with Crippen LogP contribution in [0.1, 0.15) is 67.2 Å². The number of carbonyl (C=O) groups is 3. The van der Waals surface area contributed by atoms with Crippen LogP contribution in [0.2, 0.25) is 0 Å². The summed E-state index contributed by atoms with van der Waals surface area (Å²) in [4.78, 5) is 38.4. The Hall–Kier alpha value is -2.37. The van der Waals surface area contributed by atoms with Crippen molar-refractivity contribution in [1.82, 2.24) is 10.2 Å². The average Bonchev–Trinajstić information content (AvgIpc) is 2.89. The maximum absolute atomic E-state index is 13.1. The van der Waals surface area contributed by atoms with Crippen LogP contribution >= 0.6 is 0 Å². The molecule has 1 aromatic carbocycles. The monoisotopic (exact) mass is 386 g/mol. The molecule has 2 bridgehead atoms. The zero-order valence-electron chi connectivity index (χ0n) is 17.2. The van der Waals surface area contributed by atoms with Crippen LogP contribution in [0.25, 0.3) is 0 Å². The van der Waals surface area contributed by atoms with E-state index in [2.05, 4.69) is 30.8 Å². The van der Waals surface area contributed by atoms with Crippen molar-refractivity contribution in [3.63, 3.8) is 0 Å². The Kier molecular flexibility index (Phi) is 5.50. The third-order valence-corrected chi connectivity index (χ3v) is 5.91. The Labute approximate surface area is 166 Å². The van der Waals surface area contributed by atoms with Crippen molar-refractivity contribution in [1.29, 1.82) is 0 Å². The lowest BCUT2D eigenvalue weighted by Gasteiger charge is -2.39. The quantitative estimate of drug-likeness (QED) is 0.790. The van der Waals surface area contributed by atoms with Crippen molar-refractivity contribution in [2.24, 2.45) is 10.8 Å². The number of methoxy groups -OCH3 is 1. The molecular formula is C22H30N2O4. The summed E-state index contributed by atoms with van der Waals surface area (Å²) in [6, 6.07) is 7.05. The second-order valence-electron chi connectivity index (χ2n) is 9.31. The van der Waals surface area contributed by atoms with Crippen LogP contribution in [0.15, 0.2) is 24.3 Å². The van der Waals surface area contributed by atoms with Gasteiger partial charge >= 0.3 is 5.97 Å². The summed E-state index contributed by atoms with van der Waals surface area (Å²) >= 11 is 0. The maximum atomic E-state index is 13.1. The molecule has 1 saturated heterocycles. The van der Waals surface area contributed by atoms with Crippen molar-refractivity contribution < 1.29 is 19.1 Å². The van der Waals surface area contributed by atoms with Crippen LogP contribution in [0, 0.1) is 10.8 Å². The Morgan fingerprint density at radius 2 is 1.75 bits per heavy atom. The van der Waals surface area contributed by atoms with Gasteiger partial charge in [-0.3, -0.25) is 14.4 Å². The molecule has 2 amide bonds. The molecule has 2 unspecified atom stereocenters. The molecule has 1 N–H and O–H groups in total. The molecule has 6 heteroatoms. The fourth-order valence-corrected chi connectivity index (χ4v) is 5.11. The van der Waals surface area contributed by atoms with E-state index < -0.39 is 0 Å². The van der Waals surface area contributed by atoms with Gasteiger partial charge in [0.05, 0.1) is 13.5 Å². The second-order valence-corrected chi connectivity index (χ2v) is 9.31. The van der Waals surface area contributed by atoms with Crippen molar-refractivity contribution in [3.05, 3.63) is 35.4 Å². The first-order valence-electron chi connectivity index (χ1n) is 9.89. The second kappa shape index (κ2) is 7.57. The van der Waals surface area contributed by atoms with E-state index in [0.717, 1.165) is 25.8 Å². The minimum atomic E-state index is -0.367. The van der Waals surface area contributed by atoms with Gasteiger partial charge in [-0.25, -0.2) is 0 Å². The minimum Gasteiger partial charge on any atom is -0.469 e. The highest BCUT2D eigenvalue weighted by Crippen LogP contribution is 2.52. The number of hydrogen-bond acceptors (Lipinski definition) is 4. The number of benzene rings is 1. The number of nitrogens with one attached hydrogen (secondary N) is 1. The highest BCUT2D eigenvalue weighted by atomic mass is 16.5. The number of nitrogens with zero attached hydrogens (tertiary/aromatic N) is 1. The van der Waals surface area contributed by atoms with Gasteiger partial charge in [-0.05, 0) is 54.4 Å². The summed E-state index contributed by atoms with van der Waals surface area (Å²) in [5.74, 6) is -0.591. The number of rotatable bonds is 5. The predicted octanol–water partition coefficient (Wildman–Crippen LogP) is 3.02. The first kappa shape index (κ1) is 20.4. The van der Waals surface area contributed by atoms with Gasteiger partial charge in [0.15, 0.2) is 0 Å². The molecule has 1 saturated carbocycles. The lowest BCUT2D eigenvalue weighted by atomic mass is 9.65. The number of hydrogen-bond donors (Lipinski definition) is 1. The number of ether oxygens (including phenoxy) is 1. The van der Waals surface area contributed by atoms with E-state index in [-0.39, 0.29) is 41.6 Å². The molecule has 6 nitrogen and oxygen atoms in total. The molecule has 152 valence electrons. The molecular weight excluding hydrogens is 356 g/mol. The molecule has 1 aromatic rings. The van der Waals surface area contributed by atoms with E-state index in [1.54, 1.807) is 24.3 Å². The largest absolute Gasteiger partial charge is 0.469 e. The van der Waals surface area contributed by atoms with Crippen LogP contribution in [-0.2, 0) is 9.53 Å². The zero-order chi connectivity index (χ0) is 20.5. The Balaban J connectivity index is 1.63. The van der Waals surface area contributed by atoms with Gasteiger partial charge in [-0.2, -0.15) is 0 Å². The summed E-state index contributed by atoms with van der Waals surface area (Å²) in [7, 11) is 1.31. The fourth-order valence-electron chi connectivity index (χ4n) is 5.11. The number of esters is 1. The first-order chi connectivity index (χ1) is 13.1. The minimum absolute atomic E-state index is 0.0454. The van der Waals surface area contributed by atoms with Crippen LogP contribution < -0.4 is 5.32 Å². The summed E-state index contributed by atoms with van der Waals surface area (Å²) in [6.45, 7) is 7.89. The highest BCUT2D eigenvalue weighted by Gasteiger charge is 2.50. The molecule has 1 heterocycles. The number of likely N-dealkylation sites (tertiary alicyclic amines) is 1.